The predicted octanol–water partition coefficient (Wildman–Crippen LogP) is 2.11. The lowest BCUT2D eigenvalue weighted by Crippen LogP contribution is -2.25. The van der Waals surface area contributed by atoms with Gasteiger partial charge in [0.2, 0.25) is 0 Å². The molecule has 1 aliphatic rings. The molecular weight excluding hydrogens is 162 g/mol. The normalized spacial score (nSPS) is 24.6. The third kappa shape index (κ3) is 3.59. The van der Waals surface area contributed by atoms with Crippen molar-refractivity contribution in [3.63, 3.8) is 0 Å². The molecule has 1 nitrogen and oxygen atoms in total. The number of nitrogens with one attached hydrogen (secondary N) is 1. The minimum Gasteiger partial charge on any atom is -0.317 e. The van der Waals surface area contributed by atoms with Crippen LogP contribution in [0.15, 0.2) is 0 Å². The summed E-state index contributed by atoms with van der Waals surface area (Å²) in [4.78, 5) is 0. The summed E-state index contributed by atoms with van der Waals surface area (Å²) in [6, 6.07) is 3.01. The molecule has 0 bridgehead atoms. The maximum absolute atomic E-state index is 3.44. The van der Waals surface area contributed by atoms with Crippen LogP contribution in [0.1, 0.15) is 6.42 Å². The van der Waals surface area contributed by atoms with Gasteiger partial charge in [-0.1, -0.05) is 19.1 Å². The van der Waals surface area contributed by atoms with Gasteiger partial charge in [-0.3, -0.25) is 0 Å². The van der Waals surface area contributed by atoms with Crippen LogP contribution in [0.5, 0.6) is 0 Å². The van der Waals surface area contributed by atoms with Gasteiger partial charge in [-0.05, 0) is 25.6 Å². The Morgan fingerprint density at radius 2 is 1.80 bits per heavy atom. The van der Waals surface area contributed by atoms with Gasteiger partial charge in [-0.2, -0.15) is 0 Å². The average molecular weight is 180 g/mol. The fourth-order valence-corrected chi connectivity index (χ4v) is 3.61. The lowest BCUT2D eigenvalue weighted by molar-refractivity contribution is 0.720. The first-order chi connectivity index (χ1) is 4.21. The molecule has 0 spiro atoms. The van der Waals surface area contributed by atoms with E-state index in [-0.39, 0.29) is 12.4 Å². The first-order valence-electron chi connectivity index (χ1n) is 3.91. The summed E-state index contributed by atoms with van der Waals surface area (Å²) < 4.78 is 0. The Hall–Kier alpha value is 0.467. The maximum Gasteiger partial charge on any atom is 0.0486 e. The van der Waals surface area contributed by atoms with Crippen molar-refractivity contribution < 1.29 is 0 Å². The number of halogens is 1. The van der Waals surface area contributed by atoms with Gasteiger partial charge >= 0.3 is 0 Å². The lowest BCUT2D eigenvalue weighted by Gasteiger charge is -2.17. The molecule has 0 aromatic heterocycles. The highest BCUT2D eigenvalue weighted by atomic mass is 35.5. The summed E-state index contributed by atoms with van der Waals surface area (Å²) in [5.41, 5.74) is 0. The smallest absolute Gasteiger partial charge is 0.0486 e. The van der Waals surface area contributed by atoms with Gasteiger partial charge < -0.3 is 5.32 Å². The largest absolute Gasteiger partial charge is 0.317 e. The first kappa shape index (κ1) is 10.5. The van der Waals surface area contributed by atoms with E-state index in [1.165, 1.54) is 31.6 Å². The number of hydrogen-bond donors (Lipinski definition) is 1. The van der Waals surface area contributed by atoms with Crippen molar-refractivity contribution in [3.05, 3.63) is 0 Å². The molecule has 0 aromatic rings. The zero-order valence-corrected chi connectivity index (χ0v) is 8.76. The summed E-state index contributed by atoms with van der Waals surface area (Å²) in [5.74, 6) is 0. The van der Waals surface area contributed by atoms with Crippen LogP contribution in [0.4, 0.5) is 0 Å². The molecule has 1 aliphatic heterocycles. The molecule has 62 valence electrons. The zero-order chi connectivity index (χ0) is 6.74. The molecule has 1 heterocycles. The second kappa shape index (κ2) is 4.37. The van der Waals surface area contributed by atoms with Crippen LogP contribution in [-0.2, 0) is 0 Å². The molecule has 1 fully saturated rings. The molecule has 1 N–H and O–H groups in total. The van der Waals surface area contributed by atoms with Crippen molar-refractivity contribution in [2.45, 2.75) is 31.6 Å². The van der Waals surface area contributed by atoms with Crippen molar-refractivity contribution in [2.24, 2.45) is 0 Å². The van der Waals surface area contributed by atoms with Gasteiger partial charge in [0.1, 0.15) is 0 Å². The quantitative estimate of drug-likeness (QED) is 0.562. The molecule has 0 atom stereocenters. The summed E-state index contributed by atoms with van der Waals surface area (Å²) in [6.07, 6.45) is 1.42. The Balaban J connectivity index is 0.000000810. The second-order valence-electron chi connectivity index (χ2n) is 3.77. The maximum atomic E-state index is 3.44. The highest BCUT2D eigenvalue weighted by Crippen LogP contribution is 2.18. The van der Waals surface area contributed by atoms with Gasteiger partial charge in [0, 0.05) is 8.07 Å². The van der Waals surface area contributed by atoms with Crippen molar-refractivity contribution in [1.29, 1.82) is 0 Å². The third-order valence-corrected chi connectivity index (χ3v) is 5.50. The van der Waals surface area contributed by atoms with E-state index >= 15 is 0 Å². The summed E-state index contributed by atoms with van der Waals surface area (Å²) in [6.45, 7) is 7.54. The Morgan fingerprint density at radius 3 is 2.50 bits per heavy atom. The SMILES string of the molecule is C[Si]1(C)CCCNCC1.Cl. The third-order valence-electron chi connectivity index (χ3n) is 2.19. The highest BCUT2D eigenvalue weighted by molar-refractivity contribution is 6.77. The zero-order valence-electron chi connectivity index (χ0n) is 6.94. The Kier molecular flexibility index (Phi) is 4.57. The van der Waals surface area contributed by atoms with Crippen LogP contribution in [0.2, 0.25) is 25.2 Å². The minimum atomic E-state index is -0.703. The topological polar surface area (TPSA) is 12.0 Å². The van der Waals surface area contributed by atoms with E-state index in [1.807, 2.05) is 0 Å². The molecule has 1 saturated heterocycles. The Labute approximate surface area is 71.0 Å². The van der Waals surface area contributed by atoms with Gasteiger partial charge in [0.05, 0.1) is 0 Å². The van der Waals surface area contributed by atoms with Crippen LogP contribution in [-0.4, -0.2) is 21.2 Å². The Morgan fingerprint density at radius 1 is 1.10 bits per heavy atom. The standard InChI is InChI=1S/C7H17NSi.ClH/c1-9(2)6-3-4-8-5-7-9;/h8H,3-7H2,1-2H3;1H. The van der Waals surface area contributed by atoms with E-state index in [9.17, 15) is 0 Å². The monoisotopic (exact) mass is 179 g/mol. The van der Waals surface area contributed by atoms with E-state index in [1.54, 1.807) is 0 Å². The van der Waals surface area contributed by atoms with Gasteiger partial charge in [0.25, 0.3) is 0 Å². The molecular formula is C7H18ClNSi. The fraction of sp³-hybridized carbons (Fsp3) is 1.00. The summed E-state index contributed by atoms with van der Waals surface area (Å²) in [7, 11) is -0.703. The molecule has 3 heteroatoms. The first-order valence-corrected chi connectivity index (χ1v) is 7.33. The second-order valence-corrected chi connectivity index (χ2v) is 9.10. The minimum absolute atomic E-state index is 0. The average Bonchev–Trinajstić information content (AvgIpc) is 1.92. The van der Waals surface area contributed by atoms with E-state index in [2.05, 4.69) is 18.4 Å². The van der Waals surface area contributed by atoms with E-state index < -0.39 is 8.07 Å². The number of hydrogen-bond acceptors (Lipinski definition) is 1. The van der Waals surface area contributed by atoms with Gasteiger partial charge in [-0.25, -0.2) is 0 Å². The van der Waals surface area contributed by atoms with E-state index in [0.717, 1.165) is 0 Å². The molecule has 1 rings (SSSR count). The van der Waals surface area contributed by atoms with Crippen LogP contribution >= 0.6 is 12.4 Å². The van der Waals surface area contributed by atoms with Crippen LogP contribution in [0, 0.1) is 0 Å². The van der Waals surface area contributed by atoms with Crippen LogP contribution < -0.4 is 5.32 Å². The molecule has 0 saturated carbocycles. The van der Waals surface area contributed by atoms with Gasteiger partial charge in [0.15, 0.2) is 0 Å². The molecule has 0 unspecified atom stereocenters. The summed E-state index contributed by atoms with van der Waals surface area (Å²) in [5, 5.41) is 3.44. The summed E-state index contributed by atoms with van der Waals surface area (Å²) >= 11 is 0. The lowest BCUT2D eigenvalue weighted by atomic mass is 10.5. The van der Waals surface area contributed by atoms with E-state index in [0.29, 0.717) is 0 Å². The Bertz CT molecular complexity index is 85.6. The van der Waals surface area contributed by atoms with Crippen LogP contribution in [0.25, 0.3) is 0 Å². The molecule has 0 amide bonds. The van der Waals surface area contributed by atoms with Crippen LogP contribution in [0.3, 0.4) is 0 Å². The highest BCUT2D eigenvalue weighted by Gasteiger charge is 2.20. The van der Waals surface area contributed by atoms with E-state index in [4.69, 9.17) is 0 Å². The predicted molar refractivity (Wildman–Crippen MR) is 51.8 cm³/mol. The van der Waals surface area contributed by atoms with Crippen molar-refractivity contribution in [3.8, 4) is 0 Å². The molecule has 0 aliphatic carbocycles. The number of rotatable bonds is 0. The molecule has 10 heavy (non-hydrogen) atoms. The molecule has 0 aromatic carbocycles. The fourth-order valence-electron chi connectivity index (χ4n) is 1.37. The van der Waals surface area contributed by atoms with Crippen molar-refractivity contribution in [1.82, 2.24) is 5.32 Å². The molecule has 0 radical (unpaired) electrons. The van der Waals surface area contributed by atoms with Crippen molar-refractivity contribution >= 4 is 20.5 Å². The van der Waals surface area contributed by atoms with Crippen molar-refractivity contribution in [2.75, 3.05) is 13.1 Å². The van der Waals surface area contributed by atoms with Gasteiger partial charge in [-0.15, -0.1) is 12.4 Å².